The van der Waals surface area contributed by atoms with Gasteiger partial charge in [-0.3, -0.25) is 9.69 Å². The summed E-state index contributed by atoms with van der Waals surface area (Å²) in [6.07, 6.45) is 1.71. The van der Waals surface area contributed by atoms with E-state index in [1.165, 1.54) is 0 Å². The van der Waals surface area contributed by atoms with E-state index in [-0.39, 0.29) is 5.91 Å². The molecule has 0 saturated carbocycles. The summed E-state index contributed by atoms with van der Waals surface area (Å²) < 4.78 is 0. The molecule has 26 heavy (non-hydrogen) atoms. The maximum atomic E-state index is 13.2. The third kappa shape index (κ3) is 3.91. The van der Waals surface area contributed by atoms with Crippen LogP contribution in [0.4, 0.5) is 11.5 Å². The van der Waals surface area contributed by atoms with E-state index < -0.39 is 0 Å². The standard InChI is InChI=1S/C22H23N3O/c1-17-8-4-5-9-20(17)22(26)25(21-10-6-7-15-23-21)16-18-11-13-19(14-12-18)24(2)3/h4-15H,16H2,1-3H3. The highest BCUT2D eigenvalue weighted by atomic mass is 16.2. The molecule has 4 nitrogen and oxygen atoms in total. The van der Waals surface area contributed by atoms with Gasteiger partial charge in [0.2, 0.25) is 0 Å². The maximum absolute atomic E-state index is 13.2. The van der Waals surface area contributed by atoms with Crippen molar-refractivity contribution in [3.63, 3.8) is 0 Å². The number of aryl methyl sites for hydroxylation is 1. The van der Waals surface area contributed by atoms with Gasteiger partial charge in [-0.2, -0.15) is 0 Å². The Bertz CT molecular complexity index is 873. The summed E-state index contributed by atoms with van der Waals surface area (Å²) in [7, 11) is 4.02. The van der Waals surface area contributed by atoms with Crippen molar-refractivity contribution >= 4 is 17.4 Å². The molecule has 0 aliphatic carbocycles. The van der Waals surface area contributed by atoms with Gasteiger partial charge in [0.05, 0.1) is 6.54 Å². The molecule has 0 aliphatic rings. The van der Waals surface area contributed by atoms with Gasteiger partial charge in [-0.25, -0.2) is 4.98 Å². The van der Waals surface area contributed by atoms with Gasteiger partial charge in [0.25, 0.3) is 5.91 Å². The van der Waals surface area contributed by atoms with Crippen LogP contribution in [0.25, 0.3) is 0 Å². The van der Waals surface area contributed by atoms with Gasteiger partial charge in [-0.1, -0.05) is 36.4 Å². The van der Waals surface area contributed by atoms with Crippen LogP contribution < -0.4 is 9.80 Å². The van der Waals surface area contributed by atoms with Crippen molar-refractivity contribution in [1.82, 2.24) is 4.98 Å². The van der Waals surface area contributed by atoms with E-state index in [0.717, 1.165) is 16.8 Å². The van der Waals surface area contributed by atoms with Crippen LogP contribution in [0, 0.1) is 6.92 Å². The maximum Gasteiger partial charge on any atom is 0.260 e. The number of carbonyl (C=O) groups is 1. The Morgan fingerprint density at radius 1 is 0.923 bits per heavy atom. The van der Waals surface area contributed by atoms with Crippen LogP contribution in [0.1, 0.15) is 21.5 Å². The molecular weight excluding hydrogens is 322 g/mol. The Hall–Kier alpha value is -3.14. The molecule has 132 valence electrons. The van der Waals surface area contributed by atoms with Crippen LogP contribution in [-0.2, 0) is 6.54 Å². The van der Waals surface area contributed by atoms with Crippen molar-refractivity contribution in [2.45, 2.75) is 13.5 Å². The second-order valence-corrected chi connectivity index (χ2v) is 6.46. The number of aromatic nitrogens is 1. The molecule has 0 N–H and O–H groups in total. The molecule has 2 aromatic carbocycles. The second-order valence-electron chi connectivity index (χ2n) is 6.46. The first-order chi connectivity index (χ1) is 12.6. The summed E-state index contributed by atoms with van der Waals surface area (Å²) in [6, 6.07) is 21.5. The highest BCUT2D eigenvalue weighted by Gasteiger charge is 2.20. The lowest BCUT2D eigenvalue weighted by molar-refractivity contribution is 0.0983. The third-order valence-corrected chi connectivity index (χ3v) is 4.34. The van der Waals surface area contributed by atoms with Crippen LogP contribution in [0.15, 0.2) is 72.9 Å². The predicted molar refractivity (Wildman–Crippen MR) is 107 cm³/mol. The van der Waals surface area contributed by atoms with Gasteiger partial charge in [-0.15, -0.1) is 0 Å². The molecule has 0 fully saturated rings. The van der Waals surface area contributed by atoms with Crippen molar-refractivity contribution in [1.29, 1.82) is 0 Å². The Labute approximate surface area is 154 Å². The average molecular weight is 345 g/mol. The number of anilines is 2. The number of hydrogen-bond acceptors (Lipinski definition) is 3. The van der Waals surface area contributed by atoms with E-state index in [4.69, 9.17) is 0 Å². The highest BCUT2D eigenvalue weighted by Crippen LogP contribution is 2.21. The van der Waals surface area contributed by atoms with Gasteiger partial charge in [0.15, 0.2) is 0 Å². The molecule has 4 heteroatoms. The summed E-state index contributed by atoms with van der Waals surface area (Å²) in [4.78, 5) is 21.4. The van der Waals surface area contributed by atoms with Crippen molar-refractivity contribution in [2.75, 3.05) is 23.9 Å². The zero-order valence-electron chi connectivity index (χ0n) is 15.4. The Balaban J connectivity index is 1.94. The SMILES string of the molecule is Cc1ccccc1C(=O)N(Cc1ccc(N(C)C)cc1)c1ccccn1. The molecule has 3 aromatic rings. The number of carbonyl (C=O) groups excluding carboxylic acids is 1. The van der Waals surface area contributed by atoms with Crippen LogP contribution in [-0.4, -0.2) is 25.0 Å². The number of amides is 1. The lowest BCUT2D eigenvalue weighted by Gasteiger charge is -2.23. The molecule has 0 saturated heterocycles. The van der Waals surface area contributed by atoms with Gasteiger partial charge in [0, 0.05) is 31.5 Å². The molecule has 1 amide bonds. The molecule has 0 radical (unpaired) electrons. The average Bonchev–Trinajstić information content (AvgIpc) is 2.67. The van der Waals surface area contributed by atoms with Crippen molar-refractivity contribution in [3.8, 4) is 0 Å². The monoisotopic (exact) mass is 345 g/mol. The van der Waals surface area contributed by atoms with E-state index in [0.29, 0.717) is 17.9 Å². The van der Waals surface area contributed by atoms with E-state index in [2.05, 4.69) is 34.1 Å². The molecule has 0 atom stereocenters. The second kappa shape index (κ2) is 7.83. The fraction of sp³-hybridized carbons (Fsp3) is 0.182. The van der Waals surface area contributed by atoms with Gasteiger partial charge in [-0.05, 0) is 48.4 Å². The van der Waals surface area contributed by atoms with Gasteiger partial charge < -0.3 is 4.90 Å². The minimum absolute atomic E-state index is 0.0431. The summed E-state index contributed by atoms with van der Waals surface area (Å²) in [5.41, 5.74) is 3.84. The zero-order chi connectivity index (χ0) is 18.5. The lowest BCUT2D eigenvalue weighted by atomic mass is 10.1. The minimum atomic E-state index is -0.0431. The molecule has 0 spiro atoms. The highest BCUT2D eigenvalue weighted by molar-refractivity contribution is 6.06. The van der Waals surface area contributed by atoms with E-state index in [1.807, 2.05) is 63.5 Å². The molecule has 0 unspecified atom stereocenters. The third-order valence-electron chi connectivity index (χ3n) is 4.34. The van der Waals surface area contributed by atoms with Crippen molar-refractivity contribution in [3.05, 3.63) is 89.6 Å². The number of hydrogen-bond donors (Lipinski definition) is 0. The minimum Gasteiger partial charge on any atom is -0.378 e. The molecule has 3 rings (SSSR count). The van der Waals surface area contributed by atoms with E-state index >= 15 is 0 Å². The van der Waals surface area contributed by atoms with Crippen LogP contribution >= 0.6 is 0 Å². The first-order valence-corrected chi connectivity index (χ1v) is 8.61. The number of rotatable bonds is 5. The lowest BCUT2D eigenvalue weighted by Crippen LogP contribution is -2.31. The Morgan fingerprint density at radius 2 is 1.62 bits per heavy atom. The summed E-state index contributed by atoms with van der Waals surface area (Å²) in [6.45, 7) is 2.42. The molecule has 0 bridgehead atoms. The Morgan fingerprint density at radius 3 is 2.23 bits per heavy atom. The normalized spacial score (nSPS) is 10.4. The quantitative estimate of drug-likeness (QED) is 0.692. The first kappa shape index (κ1) is 17.7. The van der Waals surface area contributed by atoms with E-state index in [9.17, 15) is 4.79 Å². The summed E-state index contributed by atoms with van der Waals surface area (Å²) in [5.74, 6) is 0.607. The molecule has 1 heterocycles. The molecule has 0 aliphatic heterocycles. The number of benzene rings is 2. The van der Waals surface area contributed by atoms with Crippen LogP contribution in [0.2, 0.25) is 0 Å². The smallest absolute Gasteiger partial charge is 0.260 e. The Kier molecular flexibility index (Phi) is 5.32. The molecular formula is C22H23N3O. The predicted octanol–water partition coefficient (Wildman–Crippen LogP) is 4.30. The van der Waals surface area contributed by atoms with Crippen LogP contribution in [0.5, 0.6) is 0 Å². The fourth-order valence-corrected chi connectivity index (χ4v) is 2.81. The summed E-state index contributed by atoms with van der Waals surface area (Å²) >= 11 is 0. The van der Waals surface area contributed by atoms with Crippen LogP contribution in [0.3, 0.4) is 0 Å². The topological polar surface area (TPSA) is 36.4 Å². The van der Waals surface area contributed by atoms with Gasteiger partial charge >= 0.3 is 0 Å². The van der Waals surface area contributed by atoms with Crippen molar-refractivity contribution < 1.29 is 4.79 Å². The van der Waals surface area contributed by atoms with Gasteiger partial charge in [0.1, 0.15) is 5.82 Å². The fourth-order valence-electron chi connectivity index (χ4n) is 2.81. The van der Waals surface area contributed by atoms with Crippen molar-refractivity contribution in [2.24, 2.45) is 0 Å². The number of pyridine rings is 1. The molecule has 1 aromatic heterocycles. The zero-order valence-corrected chi connectivity index (χ0v) is 15.4. The first-order valence-electron chi connectivity index (χ1n) is 8.61. The largest absolute Gasteiger partial charge is 0.378 e. The number of nitrogens with zero attached hydrogens (tertiary/aromatic N) is 3. The van der Waals surface area contributed by atoms with E-state index in [1.54, 1.807) is 11.1 Å². The summed E-state index contributed by atoms with van der Waals surface area (Å²) in [5, 5.41) is 0.